The van der Waals surface area contributed by atoms with Gasteiger partial charge in [-0.2, -0.15) is 0 Å². The van der Waals surface area contributed by atoms with Crippen LogP contribution in [0.2, 0.25) is 0 Å². The van der Waals surface area contributed by atoms with Gasteiger partial charge in [-0.05, 0) is 43.0 Å². The van der Waals surface area contributed by atoms with E-state index in [1.165, 1.54) is 107 Å². The molecule has 0 aliphatic carbocycles. The number of unbranched alkanes of at least 4 members (excludes halogenated alkanes) is 14. The molecule has 0 unspecified atom stereocenters. The number of aryl methyl sites for hydroxylation is 2. The van der Waals surface area contributed by atoms with Crippen molar-refractivity contribution in [2.24, 2.45) is 0 Å². The van der Waals surface area contributed by atoms with Crippen LogP contribution in [0.3, 0.4) is 0 Å². The Labute approximate surface area is 185 Å². The Morgan fingerprint density at radius 1 is 0.533 bits per heavy atom. The number of hydrogen-bond acceptors (Lipinski definition) is 2. The van der Waals surface area contributed by atoms with E-state index in [-0.39, 0.29) is 0 Å². The molecule has 2 heterocycles. The fourth-order valence-electron chi connectivity index (χ4n) is 4.04. The van der Waals surface area contributed by atoms with Gasteiger partial charge in [0, 0.05) is 12.4 Å². The molecule has 0 aliphatic rings. The van der Waals surface area contributed by atoms with Crippen LogP contribution >= 0.6 is 0 Å². The van der Waals surface area contributed by atoms with Gasteiger partial charge in [0.25, 0.3) is 0 Å². The molecule has 0 radical (unpaired) electrons. The average molecular weight is 409 g/mol. The van der Waals surface area contributed by atoms with Crippen LogP contribution in [0, 0.1) is 6.92 Å². The Bertz CT molecular complexity index is 645. The van der Waals surface area contributed by atoms with E-state index in [9.17, 15) is 0 Å². The standard InChI is InChI=1S/C28H44N2/c1-3-4-5-6-7-8-9-10-11-12-13-14-15-16-17-18-26-20-22-28(30-24-26)27-21-19-25(2)23-29-27/h19-24H,3-18H2,1-2H3. The second-order valence-corrected chi connectivity index (χ2v) is 8.97. The van der Waals surface area contributed by atoms with E-state index in [2.05, 4.69) is 42.0 Å². The summed E-state index contributed by atoms with van der Waals surface area (Å²) in [5.41, 5.74) is 4.46. The third-order valence-electron chi connectivity index (χ3n) is 6.07. The summed E-state index contributed by atoms with van der Waals surface area (Å²) in [4.78, 5) is 9.07. The minimum atomic E-state index is 0.958. The van der Waals surface area contributed by atoms with E-state index < -0.39 is 0 Å². The van der Waals surface area contributed by atoms with Gasteiger partial charge in [-0.3, -0.25) is 9.97 Å². The number of hydrogen-bond donors (Lipinski definition) is 0. The lowest BCUT2D eigenvalue weighted by Crippen LogP contribution is -1.91. The van der Waals surface area contributed by atoms with Gasteiger partial charge >= 0.3 is 0 Å². The first kappa shape index (κ1) is 24.6. The summed E-state index contributed by atoms with van der Waals surface area (Å²) in [6.45, 7) is 4.35. The molecule has 30 heavy (non-hydrogen) atoms. The Morgan fingerprint density at radius 2 is 1.00 bits per heavy atom. The maximum Gasteiger partial charge on any atom is 0.0886 e. The molecule has 2 nitrogen and oxygen atoms in total. The highest BCUT2D eigenvalue weighted by Crippen LogP contribution is 2.17. The lowest BCUT2D eigenvalue weighted by atomic mass is 10.0. The quantitative estimate of drug-likeness (QED) is 0.244. The van der Waals surface area contributed by atoms with E-state index in [4.69, 9.17) is 0 Å². The van der Waals surface area contributed by atoms with Crippen LogP contribution in [0.15, 0.2) is 36.7 Å². The van der Waals surface area contributed by atoms with Crippen molar-refractivity contribution in [1.29, 1.82) is 0 Å². The third-order valence-corrected chi connectivity index (χ3v) is 6.07. The molecule has 2 aromatic heterocycles. The summed E-state index contributed by atoms with van der Waals surface area (Å²) in [5, 5.41) is 0. The van der Waals surface area contributed by atoms with Crippen LogP contribution in [0.1, 0.15) is 114 Å². The van der Waals surface area contributed by atoms with Crippen LogP contribution in [0.5, 0.6) is 0 Å². The van der Waals surface area contributed by atoms with Crippen molar-refractivity contribution in [1.82, 2.24) is 9.97 Å². The van der Waals surface area contributed by atoms with Crippen molar-refractivity contribution < 1.29 is 0 Å². The first-order valence-electron chi connectivity index (χ1n) is 12.7. The second kappa shape index (κ2) is 16.1. The second-order valence-electron chi connectivity index (χ2n) is 8.97. The summed E-state index contributed by atoms with van der Waals surface area (Å²) in [7, 11) is 0. The van der Waals surface area contributed by atoms with Gasteiger partial charge in [-0.1, -0.05) is 109 Å². The molecule has 2 heteroatoms. The third kappa shape index (κ3) is 10.9. The molecular formula is C28H44N2. The zero-order chi connectivity index (χ0) is 21.3. The van der Waals surface area contributed by atoms with Gasteiger partial charge in [-0.25, -0.2) is 0 Å². The maximum absolute atomic E-state index is 4.60. The molecule has 2 aromatic rings. The molecular weight excluding hydrogens is 364 g/mol. The molecule has 0 bridgehead atoms. The Kier molecular flexibility index (Phi) is 13.1. The maximum atomic E-state index is 4.60. The Balaban J connectivity index is 1.41. The molecule has 0 N–H and O–H groups in total. The van der Waals surface area contributed by atoms with Gasteiger partial charge in [0.1, 0.15) is 0 Å². The van der Waals surface area contributed by atoms with Crippen molar-refractivity contribution in [2.45, 2.75) is 117 Å². The molecule has 0 aromatic carbocycles. The van der Waals surface area contributed by atoms with Crippen molar-refractivity contribution >= 4 is 0 Å². The molecule has 0 atom stereocenters. The van der Waals surface area contributed by atoms with Gasteiger partial charge in [-0.15, -0.1) is 0 Å². The number of pyridine rings is 2. The summed E-state index contributed by atoms with van der Waals surface area (Å²) < 4.78 is 0. The first-order valence-corrected chi connectivity index (χ1v) is 12.7. The van der Waals surface area contributed by atoms with Crippen molar-refractivity contribution in [3.8, 4) is 11.4 Å². The summed E-state index contributed by atoms with van der Waals surface area (Å²) >= 11 is 0. The smallest absolute Gasteiger partial charge is 0.0886 e. The zero-order valence-corrected chi connectivity index (χ0v) is 19.7. The number of nitrogens with zero attached hydrogens (tertiary/aromatic N) is 2. The predicted molar refractivity (Wildman–Crippen MR) is 131 cm³/mol. The SMILES string of the molecule is CCCCCCCCCCCCCCCCCc1ccc(-c2ccc(C)cn2)nc1. The predicted octanol–water partition coefficient (Wildman–Crippen LogP) is 8.87. The number of aromatic nitrogens is 2. The first-order chi connectivity index (χ1) is 14.8. The Hall–Kier alpha value is -1.70. The molecule has 0 saturated heterocycles. The monoisotopic (exact) mass is 408 g/mol. The van der Waals surface area contributed by atoms with Crippen molar-refractivity contribution in [3.63, 3.8) is 0 Å². The summed E-state index contributed by atoms with van der Waals surface area (Å²) in [6, 6.07) is 8.46. The molecule has 2 rings (SSSR count). The molecule has 0 aliphatic heterocycles. The lowest BCUT2D eigenvalue weighted by Gasteiger charge is -2.05. The van der Waals surface area contributed by atoms with Gasteiger partial charge in [0.2, 0.25) is 0 Å². The summed E-state index contributed by atoms with van der Waals surface area (Å²) in [6.07, 6.45) is 26.3. The lowest BCUT2D eigenvalue weighted by molar-refractivity contribution is 0.532. The van der Waals surface area contributed by atoms with Crippen LogP contribution < -0.4 is 0 Å². The molecule has 0 fully saturated rings. The minimum absolute atomic E-state index is 0.958. The normalized spacial score (nSPS) is 11.1. The van der Waals surface area contributed by atoms with E-state index >= 15 is 0 Å². The fourth-order valence-corrected chi connectivity index (χ4v) is 4.04. The highest BCUT2D eigenvalue weighted by atomic mass is 14.8. The molecule has 166 valence electrons. The van der Waals surface area contributed by atoms with Crippen LogP contribution in [0.25, 0.3) is 11.4 Å². The summed E-state index contributed by atoms with van der Waals surface area (Å²) in [5.74, 6) is 0. The van der Waals surface area contributed by atoms with Crippen LogP contribution in [0.4, 0.5) is 0 Å². The van der Waals surface area contributed by atoms with Crippen LogP contribution in [-0.4, -0.2) is 9.97 Å². The van der Waals surface area contributed by atoms with E-state index in [0.29, 0.717) is 0 Å². The molecule has 0 spiro atoms. The highest BCUT2D eigenvalue weighted by molar-refractivity contribution is 5.53. The topological polar surface area (TPSA) is 25.8 Å². The molecule has 0 amide bonds. The van der Waals surface area contributed by atoms with E-state index in [1.54, 1.807) is 0 Å². The largest absolute Gasteiger partial charge is 0.254 e. The van der Waals surface area contributed by atoms with E-state index in [0.717, 1.165) is 17.8 Å². The number of rotatable bonds is 17. The van der Waals surface area contributed by atoms with Gasteiger partial charge in [0.15, 0.2) is 0 Å². The highest BCUT2D eigenvalue weighted by Gasteiger charge is 2.01. The Morgan fingerprint density at radius 3 is 1.43 bits per heavy atom. The zero-order valence-electron chi connectivity index (χ0n) is 19.7. The van der Waals surface area contributed by atoms with Gasteiger partial charge in [0.05, 0.1) is 11.4 Å². The average Bonchev–Trinajstić information content (AvgIpc) is 2.77. The minimum Gasteiger partial charge on any atom is -0.254 e. The molecule has 0 saturated carbocycles. The van der Waals surface area contributed by atoms with Gasteiger partial charge < -0.3 is 0 Å². The van der Waals surface area contributed by atoms with Crippen LogP contribution in [-0.2, 0) is 6.42 Å². The van der Waals surface area contributed by atoms with Crippen molar-refractivity contribution in [2.75, 3.05) is 0 Å². The van der Waals surface area contributed by atoms with Crippen molar-refractivity contribution in [3.05, 3.63) is 47.8 Å². The fraction of sp³-hybridized carbons (Fsp3) is 0.643. The van der Waals surface area contributed by atoms with E-state index in [1.807, 2.05) is 18.5 Å².